The van der Waals surface area contributed by atoms with Crippen LogP contribution in [0.5, 0.6) is 11.5 Å². The number of carbonyl (C=O) groups excluding carboxylic acids is 1. The van der Waals surface area contributed by atoms with E-state index in [1.807, 2.05) is 6.92 Å². The topological polar surface area (TPSA) is 111 Å². The van der Waals surface area contributed by atoms with Crippen molar-refractivity contribution < 1.29 is 22.7 Å². The average Bonchev–Trinajstić information content (AvgIpc) is 3.07. The molecule has 0 saturated carbocycles. The fraction of sp³-hybridized carbons (Fsp3) is 0.400. The predicted octanol–water partition coefficient (Wildman–Crippen LogP) is 1.93. The minimum Gasteiger partial charge on any atom is -0.493 e. The number of carbonyl (C=O) groups is 1. The van der Waals surface area contributed by atoms with E-state index in [9.17, 15) is 13.2 Å². The molecule has 1 N–H and O–H groups in total. The summed E-state index contributed by atoms with van der Waals surface area (Å²) in [4.78, 5) is 12.2. The number of benzene rings is 1. The van der Waals surface area contributed by atoms with E-state index in [0.717, 1.165) is 14.4 Å². The molecule has 27 heavy (non-hydrogen) atoms. The molecule has 0 radical (unpaired) electrons. The van der Waals surface area contributed by atoms with Gasteiger partial charge in [0.15, 0.2) is 15.8 Å². The molecule has 148 valence electrons. The van der Waals surface area contributed by atoms with Gasteiger partial charge in [-0.25, -0.2) is 8.42 Å². The van der Waals surface area contributed by atoms with Gasteiger partial charge < -0.3 is 9.47 Å². The third-order valence-electron chi connectivity index (χ3n) is 3.35. The van der Waals surface area contributed by atoms with Crippen molar-refractivity contribution in [1.82, 2.24) is 14.5 Å². The summed E-state index contributed by atoms with van der Waals surface area (Å²) < 4.78 is 37.3. The summed E-state index contributed by atoms with van der Waals surface area (Å²) in [5.41, 5.74) is 0. The van der Waals surface area contributed by atoms with Gasteiger partial charge in [-0.1, -0.05) is 30.0 Å². The zero-order valence-corrected chi connectivity index (χ0v) is 17.7. The van der Waals surface area contributed by atoms with Crippen LogP contribution in [0.25, 0.3) is 0 Å². The van der Waals surface area contributed by atoms with Crippen LogP contribution >= 0.6 is 23.1 Å². The van der Waals surface area contributed by atoms with Gasteiger partial charge in [0, 0.05) is 13.1 Å². The minimum atomic E-state index is -3.89. The van der Waals surface area contributed by atoms with E-state index >= 15 is 0 Å². The first-order valence-corrected chi connectivity index (χ1v) is 11.0. The van der Waals surface area contributed by atoms with Crippen LogP contribution in [0.3, 0.4) is 0 Å². The fourth-order valence-electron chi connectivity index (χ4n) is 2.05. The lowest BCUT2D eigenvalue weighted by Crippen LogP contribution is -2.35. The molecule has 0 aliphatic heterocycles. The number of hydrogen-bond donors (Lipinski definition) is 1. The Morgan fingerprint density at radius 3 is 2.59 bits per heavy atom. The van der Waals surface area contributed by atoms with E-state index in [2.05, 4.69) is 15.5 Å². The molecule has 0 atom stereocenters. The highest BCUT2D eigenvalue weighted by atomic mass is 32.2. The Labute approximate surface area is 166 Å². The molecule has 0 spiro atoms. The van der Waals surface area contributed by atoms with Crippen molar-refractivity contribution in [3.63, 3.8) is 0 Å². The second-order valence-electron chi connectivity index (χ2n) is 5.13. The molecule has 9 nitrogen and oxygen atoms in total. The smallest absolute Gasteiger partial charge is 0.243 e. The quantitative estimate of drug-likeness (QED) is 0.473. The molecule has 1 aromatic heterocycles. The van der Waals surface area contributed by atoms with Crippen LogP contribution in [0, 0.1) is 0 Å². The third kappa shape index (κ3) is 5.31. The van der Waals surface area contributed by atoms with Gasteiger partial charge in [-0.2, -0.15) is 4.31 Å². The summed E-state index contributed by atoms with van der Waals surface area (Å²) in [5.74, 6) is 1.03. The van der Waals surface area contributed by atoms with Gasteiger partial charge >= 0.3 is 0 Å². The Hall–Kier alpha value is -1.89. The molecule has 12 heteroatoms. The lowest BCUT2D eigenvalue weighted by atomic mass is 10.3. The van der Waals surface area contributed by atoms with Crippen molar-refractivity contribution in [1.29, 1.82) is 0 Å². The summed E-state index contributed by atoms with van der Waals surface area (Å²) in [7, 11) is 0.310. The van der Waals surface area contributed by atoms with E-state index in [-0.39, 0.29) is 17.2 Å². The minimum absolute atomic E-state index is 0.00648. The number of sulfonamides is 1. The van der Waals surface area contributed by atoms with Gasteiger partial charge in [-0.05, 0) is 17.9 Å². The summed E-state index contributed by atoms with van der Waals surface area (Å²) in [6, 6.07) is 4.24. The van der Waals surface area contributed by atoms with Crippen LogP contribution in [0.4, 0.5) is 5.13 Å². The van der Waals surface area contributed by atoms with Gasteiger partial charge in [0.05, 0.1) is 25.7 Å². The van der Waals surface area contributed by atoms with Crippen LogP contribution in [-0.4, -0.2) is 62.4 Å². The Balaban J connectivity index is 2.08. The lowest BCUT2D eigenvalue weighted by Gasteiger charge is -2.17. The second-order valence-corrected chi connectivity index (χ2v) is 9.67. The third-order valence-corrected chi connectivity index (χ3v) is 7.00. The summed E-state index contributed by atoms with van der Waals surface area (Å²) >= 11 is 2.75. The van der Waals surface area contributed by atoms with Crippen LogP contribution < -0.4 is 14.8 Å². The molecule has 0 saturated heterocycles. The molecular formula is C15H20N4O5S3. The van der Waals surface area contributed by atoms with Crippen molar-refractivity contribution in [3.8, 4) is 11.5 Å². The number of aromatic nitrogens is 2. The maximum atomic E-state index is 12.7. The standard InChI is InChI=1S/C15H20N4O5S3/c1-5-25-15-18-17-14(26-15)16-13(20)9-19(2)27(21,22)10-6-7-11(23-3)12(8-10)24-4/h6-8H,5,9H2,1-4H3,(H,16,17,20). The first-order valence-electron chi connectivity index (χ1n) is 7.76. The van der Waals surface area contributed by atoms with E-state index in [1.165, 1.54) is 62.6 Å². The van der Waals surface area contributed by atoms with Crippen molar-refractivity contribution in [2.45, 2.75) is 16.2 Å². The Morgan fingerprint density at radius 2 is 1.96 bits per heavy atom. The van der Waals surface area contributed by atoms with Crippen molar-refractivity contribution in [3.05, 3.63) is 18.2 Å². The van der Waals surface area contributed by atoms with Crippen molar-refractivity contribution in [2.24, 2.45) is 0 Å². The molecule has 0 aliphatic carbocycles. The number of likely N-dealkylation sites (N-methyl/N-ethyl adjacent to an activating group) is 1. The molecule has 0 unspecified atom stereocenters. The van der Waals surface area contributed by atoms with Crippen molar-refractivity contribution >= 4 is 44.2 Å². The first-order chi connectivity index (χ1) is 12.8. The van der Waals surface area contributed by atoms with E-state index in [4.69, 9.17) is 9.47 Å². The molecule has 0 aliphatic rings. The number of rotatable bonds is 9. The van der Waals surface area contributed by atoms with Crippen LogP contribution in [-0.2, 0) is 14.8 Å². The maximum absolute atomic E-state index is 12.7. The molecule has 1 heterocycles. The molecule has 2 aromatic rings. The number of ether oxygens (including phenoxy) is 2. The van der Waals surface area contributed by atoms with E-state index in [1.54, 1.807) is 0 Å². The molecule has 2 rings (SSSR count). The van der Waals surface area contributed by atoms with Gasteiger partial charge in [-0.3, -0.25) is 10.1 Å². The summed E-state index contributed by atoms with van der Waals surface area (Å²) in [5, 5.41) is 10.7. The lowest BCUT2D eigenvalue weighted by molar-refractivity contribution is -0.116. The highest BCUT2D eigenvalue weighted by Gasteiger charge is 2.25. The zero-order chi connectivity index (χ0) is 20.0. The average molecular weight is 433 g/mol. The summed E-state index contributed by atoms with van der Waals surface area (Å²) in [6.45, 7) is 1.62. The SMILES string of the molecule is CCSc1nnc(NC(=O)CN(C)S(=O)(=O)c2ccc(OC)c(OC)c2)s1. The molecule has 1 aromatic carbocycles. The first kappa shape index (κ1) is 21.4. The number of amides is 1. The zero-order valence-electron chi connectivity index (χ0n) is 15.3. The van der Waals surface area contributed by atoms with Crippen LogP contribution in [0.1, 0.15) is 6.92 Å². The second kappa shape index (κ2) is 9.35. The van der Waals surface area contributed by atoms with E-state index < -0.39 is 15.9 Å². The molecule has 1 amide bonds. The Morgan fingerprint density at radius 1 is 1.26 bits per heavy atom. The Bertz CT molecular complexity index is 901. The monoisotopic (exact) mass is 432 g/mol. The predicted molar refractivity (Wildman–Crippen MR) is 104 cm³/mol. The highest BCUT2D eigenvalue weighted by molar-refractivity contribution is 8.01. The Kier molecular flexibility index (Phi) is 7.41. The van der Waals surface area contributed by atoms with Gasteiger partial charge in [-0.15, -0.1) is 10.2 Å². The fourth-order valence-corrected chi connectivity index (χ4v) is 4.85. The van der Waals surface area contributed by atoms with Gasteiger partial charge in [0.2, 0.25) is 21.1 Å². The van der Waals surface area contributed by atoms with Crippen LogP contribution in [0.15, 0.2) is 27.4 Å². The highest BCUT2D eigenvalue weighted by Crippen LogP contribution is 2.30. The molecular weight excluding hydrogens is 412 g/mol. The van der Waals surface area contributed by atoms with Gasteiger partial charge in [0.25, 0.3) is 0 Å². The van der Waals surface area contributed by atoms with Crippen LogP contribution in [0.2, 0.25) is 0 Å². The largest absolute Gasteiger partial charge is 0.493 e. The molecule has 0 fully saturated rings. The molecule has 0 bridgehead atoms. The number of thioether (sulfide) groups is 1. The normalized spacial score (nSPS) is 11.4. The van der Waals surface area contributed by atoms with Gasteiger partial charge in [0.1, 0.15) is 0 Å². The van der Waals surface area contributed by atoms with E-state index in [0.29, 0.717) is 10.9 Å². The number of nitrogens with zero attached hydrogens (tertiary/aromatic N) is 3. The maximum Gasteiger partial charge on any atom is 0.243 e. The number of nitrogens with one attached hydrogen (secondary N) is 1. The van der Waals surface area contributed by atoms with Crippen molar-refractivity contribution in [2.75, 3.05) is 38.9 Å². The number of anilines is 1. The number of methoxy groups -OCH3 is 2. The number of hydrogen-bond acceptors (Lipinski definition) is 9. The summed E-state index contributed by atoms with van der Waals surface area (Å²) in [6.07, 6.45) is 0.